The summed E-state index contributed by atoms with van der Waals surface area (Å²) >= 11 is 0. The SMILES string of the molecule is CC(C)C(C)C(=O)NC1(C(N)=NO)CCN(C)CC1. The second-order valence-electron chi connectivity index (χ2n) is 5.89. The first-order valence-corrected chi connectivity index (χ1v) is 6.81. The molecule has 110 valence electrons. The number of oxime groups is 1. The molecule has 0 aromatic carbocycles. The molecule has 0 saturated carbocycles. The number of piperidine rings is 1. The first-order chi connectivity index (χ1) is 8.82. The third-order valence-corrected chi connectivity index (χ3v) is 4.21. The zero-order chi connectivity index (χ0) is 14.6. The van der Waals surface area contributed by atoms with Gasteiger partial charge in [0.15, 0.2) is 5.84 Å². The molecule has 1 aliphatic rings. The molecule has 1 fully saturated rings. The van der Waals surface area contributed by atoms with Gasteiger partial charge in [-0.3, -0.25) is 4.79 Å². The Bertz CT molecular complexity index is 347. The van der Waals surface area contributed by atoms with Crippen molar-refractivity contribution >= 4 is 11.7 Å². The lowest BCUT2D eigenvalue weighted by Crippen LogP contribution is -2.63. The molecule has 0 aromatic heterocycles. The van der Waals surface area contributed by atoms with Crippen molar-refractivity contribution < 1.29 is 10.0 Å². The van der Waals surface area contributed by atoms with Crippen LogP contribution in [0.5, 0.6) is 0 Å². The van der Waals surface area contributed by atoms with Gasteiger partial charge in [-0.25, -0.2) is 0 Å². The third-order valence-electron chi connectivity index (χ3n) is 4.21. The first-order valence-electron chi connectivity index (χ1n) is 6.81. The second kappa shape index (κ2) is 6.23. The van der Waals surface area contributed by atoms with Gasteiger partial charge in [-0.05, 0) is 25.8 Å². The van der Waals surface area contributed by atoms with Gasteiger partial charge in [0, 0.05) is 19.0 Å². The largest absolute Gasteiger partial charge is 0.409 e. The van der Waals surface area contributed by atoms with Crippen LogP contribution in [0.25, 0.3) is 0 Å². The van der Waals surface area contributed by atoms with Crippen LogP contribution >= 0.6 is 0 Å². The number of likely N-dealkylation sites (tertiary alicyclic amines) is 1. The average Bonchev–Trinajstić information content (AvgIpc) is 2.39. The first kappa shape index (κ1) is 15.8. The van der Waals surface area contributed by atoms with Crippen LogP contribution in [-0.4, -0.2) is 47.5 Å². The number of amides is 1. The Kier molecular flexibility index (Phi) is 5.17. The number of carbonyl (C=O) groups is 1. The van der Waals surface area contributed by atoms with E-state index < -0.39 is 5.54 Å². The Morgan fingerprint density at radius 1 is 1.37 bits per heavy atom. The van der Waals surface area contributed by atoms with Gasteiger partial charge < -0.3 is 21.2 Å². The number of rotatable bonds is 4. The molecule has 0 aliphatic carbocycles. The van der Waals surface area contributed by atoms with Crippen molar-refractivity contribution in [2.45, 2.75) is 39.2 Å². The normalized spacial score (nSPS) is 22.3. The fourth-order valence-corrected chi connectivity index (χ4v) is 2.19. The summed E-state index contributed by atoms with van der Waals surface area (Å²) in [4.78, 5) is 14.4. The van der Waals surface area contributed by atoms with Gasteiger partial charge in [0.05, 0.1) is 0 Å². The quantitative estimate of drug-likeness (QED) is 0.302. The minimum atomic E-state index is -0.707. The van der Waals surface area contributed by atoms with Crippen molar-refractivity contribution in [1.82, 2.24) is 10.2 Å². The number of amidine groups is 1. The van der Waals surface area contributed by atoms with Gasteiger partial charge >= 0.3 is 0 Å². The minimum Gasteiger partial charge on any atom is -0.409 e. The Hall–Kier alpha value is -1.30. The number of nitrogens with one attached hydrogen (secondary N) is 1. The van der Waals surface area contributed by atoms with Crippen molar-refractivity contribution in [2.24, 2.45) is 22.7 Å². The summed E-state index contributed by atoms with van der Waals surface area (Å²) in [5.41, 5.74) is 5.11. The molecule has 1 unspecified atom stereocenters. The van der Waals surface area contributed by atoms with Gasteiger partial charge in [0.1, 0.15) is 5.54 Å². The molecule has 1 atom stereocenters. The predicted molar refractivity (Wildman–Crippen MR) is 75.0 cm³/mol. The smallest absolute Gasteiger partial charge is 0.223 e. The maximum absolute atomic E-state index is 12.2. The predicted octanol–water partition coefficient (Wildman–Crippen LogP) is 0.606. The molecular weight excluding hydrogens is 244 g/mol. The number of nitrogens with zero attached hydrogens (tertiary/aromatic N) is 2. The molecule has 4 N–H and O–H groups in total. The van der Waals surface area contributed by atoms with Crippen molar-refractivity contribution in [1.29, 1.82) is 0 Å². The van der Waals surface area contributed by atoms with Gasteiger partial charge in [-0.15, -0.1) is 0 Å². The van der Waals surface area contributed by atoms with Gasteiger partial charge in [0.25, 0.3) is 0 Å². The molecule has 1 rings (SSSR count). The van der Waals surface area contributed by atoms with Crippen LogP contribution in [0.1, 0.15) is 33.6 Å². The van der Waals surface area contributed by atoms with E-state index in [1.165, 1.54) is 0 Å². The highest BCUT2D eigenvalue weighted by Crippen LogP contribution is 2.23. The Morgan fingerprint density at radius 2 is 1.89 bits per heavy atom. The zero-order valence-corrected chi connectivity index (χ0v) is 12.3. The minimum absolute atomic E-state index is 0.0360. The third kappa shape index (κ3) is 3.59. The molecule has 6 nitrogen and oxygen atoms in total. The monoisotopic (exact) mass is 270 g/mol. The maximum atomic E-state index is 12.2. The van der Waals surface area contributed by atoms with Crippen molar-refractivity contribution in [3.63, 3.8) is 0 Å². The van der Waals surface area contributed by atoms with Crippen LogP contribution in [0.2, 0.25) is 0 Å². The van der Waals surface area contributed by atoms with Crippen LogP contribution < -0.4 is 11.1 Å². The van der Waals surface area contributed by atoms with Crippen LogP contribution in [-0.2, 0) is 4.79 Å². The van der Waals surface area contributed by atoms with E-state index in [0.717, 1.165) is 13.1 Å². The molecule has 0 spiro atoms. The lowest BCUT2D eigenvalue weighted by Gasteiger charge is -2.40. The fraction of sp³-hybridized carbons (Fsp3) is 0.846. The molecule has 1 heterocycles. The van der Waals surface area contributed by atoms with E-state index in [4.69, 9.17) is 10.9 Å². The van der Waals surface area contributed by atoms with Gasteiger partial charge in [-0.1, -0.05) is 25.9 Å². The van der Waals surface area contributed by atoms with Crippen molar-refractivity contribution in [3.8, 4) is 0 Å². The summed E-state index contributed by atoms with van der Waals surface area (Å²) in [5, 5.41) is 15.1. The summed E-state index contributed by atoms with van der Waals surface area (Å²) in [7, 11) is 2.02. The second-order valence-corrected chi connectivity index (χ2v) is 5.89. The molecule has 1 amide bonds. The molecular formula is C13H26N4O2. The molecule has 0 radical (unpaired) electrons. The van der Waals surface area contributed by atoms with E-state index in [1.54, 1.807) is 0 Å². The van der Waals surface area contributed by atoms with Gasteiger partial charge in [-0.2, -0.15) is 0 Å². The van der Waals surface area contributed by atoms with E-state index in [2.05, 4.69) is 15.4 Å². The van der Waals surface area contributed by atoms with Gasteiger partial charge in [0.2, 0.25) is 5.91 Å². The van der Waals surface area contributed by atoms with E-state index in [0.29, 0.717) is 12.8 Å². The number of hydrogen-bond donors (Lipinski definition) is 3. The highest BCUT2D eigenvalue weighted by Gasteiger charge is 2.40. The maximum Gasteiger partial charge on any atom is 0.223 e. The van der Waals surface area contributed by atoms with E-state index in [1.807, 2.05) is 27.8 Å². The summed E-state index contributed by atoms with van der Waals surface area (Å²) < 4.78 is 0. The highest BCUT2D eigenvalue weighted by atomic mass is 16.4. The Labute approximate surface area is 115 Å². The number of nitrogens with two attached hydrogens (primary N) is 1. The van der Waals surface area contributed by atoms with Crippen LogP contribution in [0.15, 0.2) is 5.16 Å². The molecule has 0 bridgehead atoms. The van der Waals surface area contributed by atoms with Crippen LogP contribution in [0.3, 0.4) is 0 Å². The standard InChI is InChI=1S/C13H26N4O2/c1-9(2)10(3)11(18)15-13(12(14)16-19)5-7-17(4)8-6-13/h9-10,19H,5-8H2,1-4H3,(H2,14,16)(H,15,18). The van der Waals surface area contributed by atoms with E-state index >= 15 is 0 Å². The molecule has 6 heteroatoms. The van der Waals surface area contributed by atoms with Crippen molar-refractivity contribution in [2.75, 3.05) is 20.1 Å². The van der Waals surface area contributed by atoms with Crippen molar-refractivity contribution in [3.05, 3.63) is 0 Å². The topological polar surface area (TPSA) is 91.0 Å². The highest BCUT2D eigenvalue weighted by molar-refractivity contribution is 5.94. The average molecular weight is 270 g/mol. The van der Waals surface area contributed by atoms with Crippen LogP contribution in [0.4, 0.5) is 0 Å². The number of carbonyl (C=O) groups excluding carboxylic acids is 1. The molecule has 0 aromatic rings. The van der Waals surface area contributed by atoms with E-state index in [9.17, 15) is 4.79 Å². The summed E-state index contributed by atoms with van der Waals surface area (Å²) in [5.74, 6) is 0.231. The Morgan fingerprint density at radius 3 is 2.32 bits per heavy atom. The molecule has 1 saturated heterocycles. The number of hydrogen-bond acceptors (Lipinski definition) is 4. The zero-order valence-electron chi connectivity index (χ0n) is 12.3. The summed E-state index contributed by atoms with van der Waals surface area (Å²) in [6, 6.07) is 0. The fourth-order valence-electron chi connectivity index (χ4n) is 2.19. The molecule has 1 aliphatic heterocycles. The van der Waals surface area contributed by atoms with E-state index in [-0.39, 0.29) is 23.6 Å². The lowest BCUT2D eigenvalue weighted by molar-refractivity contribution is -0.127. The summed E-state index contributed by atoms with van der Waals surface area (Å²) in [6.07, 6.45) is 1.33. The summed E-state index contributed by atoms with van der Waals surface area (Å²) in [6.45, 7) is 7.54. The molecule has 19 heavy (non-hydrogen) atoms. The Balaban J connectivity index is 2.85. The lowest BCUT2D eigenvalue weighted by atomic mass is 9.85. The van der Waals surface area contributed by atoms with Crippen LogP contribution in [0, 0.1) is 11.8 Å².